The molecule has 1 fully saturated rings. The monoisotopic (exact) mass is 285 g/mol. The lowest BCUT2D eigenvalue weighted by atomic mass is 10.1. The van der Waals surface area contributed by atoms with Gasteiger partial charge in [-0.2, -0.15) is 0 Å². The molecule has 1 unspecified atom stereocenters. The SMILES string of the molecule is CC(Oc1ccc(Cl)c(F)c1)C(=O)N1CCCCC1. The fraction of sp³-hybridized carbons (Fsp3) is 0.500. The van der Waals surface area contributed by atoms with E-state index in [0.29, 0.717) is 5.75 Å². The lowest BCUT2D eigenvalue weighted by molar-refractivity contribution is -0.138. The van der Waals surface area contributed by atoms with Crippen molar-refractivity contribution in [1.29, 1.82) is 0 Å². The number of hydrogen-bond donors (Lipinski definition) is 0. The summed E-state index contributed by atoms with van der Waals surface area (Å²) in [4.78, 5) is 13.9. The van der Waals surface area contributed by atoms with Gasteiger partial charge >= 0.3 is 0 Å². The van der Waals surface area contributed by atoms with Crippen LogP contribution in [0.3, 0.4) is 0 Å². The Balaban J connectivity index is 1.97. The molecule has 0 bridgehead atoms. The van der Waals surface area contributed by atoms with E-state index in [1.54, 1.807) is 17.9 Å². The molecule has 1 amide bonds. The highest BCUT2D eigenvalue weighted by Gasteiger charge is 2.23. The summed E-state index contributed by atoms with van der Waals surface area (Å²) < 4.78 is 18.8. The third-order valence-electron chi connectivity index (χ3n) is 3.22. The molecule has 0 radical (unpaired) electrons. The van der Waals surface area contributed by atoms with Gasteiger partial charge in [0.15, 0.2) is 6.10 Å². The van der Waals surface area contributed by atoms with E-state index in [9.17, 15) is 9.18 Å². The molecule has 1 aromatic rings. The van der Waals surface area contributed by atoms with Crippen molar-refractivity contribution in [1.82, 2.24) is 4.90 Å². The number of amides is 1. The Labute approximate surface area is 117 Å². The molecule has 0 saturated carbocycles. The van der Waals surface area contributed by atoms with Crippen LogP contribution in [0.25, 0.3) is 0 Å². The molecule has 19 heavy (non-hydrogen) atoms. The predicted octanol–water partition coefficient (Wildman–Crippen LogP) is 3.26. The molecule has 104 valence electrons. The Bertz CT molecular complexity index is 461. The van der Waals surface area contributed by atoms with E-state index in [0.717, 1.165) is 25.9 Å². The van der Waals surface area contributed by atoms with Crippen LogP contribution in [-0.4, -0.2) is 30.0 Å². The van der Waals surface area contributed by atoms with E-state index >= 15 is 0 Å². The van der Waals surface area contributed by atoms with Gasteiger partial charge in [-0.05, 0) is 38.3 Å². The van der Waals surface area contributed by atoms with Crippen LogP contribution in [-0.2, 0) is 4.79 Å². The summed E-state index contributed by atoms with van der Waals surface area (Å²) in [5, 5.41) is 0.0439. The van der Waals surface area contributed by atoms with E-state index in [1.807, 2.05) is 0 Å². The van der Waals surface area contributed by atoms with E-state index in [2.05, 4.69) is 0 Å². The first-order valence-corrected chi connectivity index (χ1v) is 6.86. The average Bonchev–Trinajstić information content (AvgIpc) is 2.43. The Hall–Kier alpha value is -1.29. The number of rotatable bonds is 3. The summed E-state index contributed by atoms with van der Waals surface area (Å²) in [7, 11) is 0. The van der Waals surface area contributed by atoms with E-state index in [4.69, 9.17) is 16.3 Å². The molecule has 0 spiro atoms. The normalized spacial score (nSPS) is 17.1. The zero-order valence-corrected chi connectivity index (χ0v) is 11.6. The molecule has 1 saturated heterocycles. The van der Waals surface area contributed by atoms with Crippen molar-refractivity contribution in [2.45, 2.75) is 32.3 Å². The summed E-state index contributed by atoms with van der Waals surface area (Å²) in [5.41, 5.74) is 0. The highest BCUT2D eigenvalue weighted by atomic mass is 35.5. The molecule has 2 rings (SSSR count). The summed E-state index contributed by atoms with van der Waals surface area (Å²) in [6.07, 6.45) is 2.63. The maximum absolute atomic E-state index is 13.3. The fourth-order valence-electron chi connectivity index (χ4n) is 2.18. The Morgan fingerprint density at radius 3 is 2.68 bits per heavy atom. The molecule has 1 atom stereocenters. The first-order valence-electron chi connectivity index (χ1n) is 6.48. The van der Waals surface area contributed by atoms with E-state index in [1.165, 1.54) is 18.6 Å². The fourth-order valence-corrected chi connectivity index (χ4v) is 2.29. The van der Waals surface area contributed by atoms with Crippen LogP contribution in [0.2, 0.25) is 5.02 Å². The number of carbonyl (C=O) groups excluding carboxylic acids is 1. The van der Waals surface area contributed by atoms with Crippen LogP contribution in [0.15, 0.2) is 18.2 Å². The van der Waals surface area contributed by atoms with Crippen molar-refractivity contribution < 1.29 is 13.9 Å². The standard InChI is InChI=1S/C14H17ClFNO2/c1-10(14(18)17-7-3-2-4-8-17)19-11-5-6-12(15)13(16)9-11/h5-6,9-10H,2-4,7-8H2,1H3. The van der Waals surface area contributed by atoms with Crippen LogP contribution in [0.5, 0.6) is 5.75 Å². The summed E-state index contributed by atoms with van der Waals surface area (Å²) in [5.74, 6) is -0.272. The van der Waals surface area contributed by atoms with Gasteiger partial charge in [0.2, 0.25) is 0 Å². The minimum absolute atomic E-state index is 0.0439. The van der Waals surface area contributed by atoms with Crippen LogP contribution in [0, 0.1) is 5.82 Å². The van der Waals surface area contributed by atoms with Crippen molar-refractivity contribution >= 4 is 17.5 Å². The molecule has 0 aliphatic carbocycles. The second kappa shape index (κ2) is 6.24. The molecule has 1 heterocycles. The van der Waals surface area contributed by atoms with Gasteiger partial charge in [0.05, 0.1) is 5.02 Å². The van der Waals surface area contributed by atoms with Gasteiger partial charge in [0.1, 0.15) is 11.6 Å². The Morgan fingerprint density at radius 1 is 1.37 bits per heavy atom. The molecule has 0 aromatic heterocycles. The van der Waals surface area contributed by atoms with Crippen molar-refractivity contribution in [3.05, 3.63) is 29.0 Å². The third kappa shape index (κ3) is 3.60. The summed E-state index contributed by atoms with van der Waals surface area (Å²) >= 11 is 5.60. The van der Waals surface area contributed by atoms with E-state index in [-0.39, 0.29) is 10.9 Å². The quantitative estimate of drug-likeness (QED) is 0.853. The average molecular weight is 286 g/mol. The molecule has 5 heteroatoms. The van der Waals surface area contributed by atoms with Gasteiger partial charge < -0.3 is 9.64 Å². The topological polar surface area (TPSA) is 29.5 Å². The minimum atomic E-state index is -0.612. The smallest absolute Gasteiger partial charge is 0.263 e. The largest absolute Gasteiger partial charge is 0.481 e. The van der Waals surface area contributed by atoms with E-state index < -0.39 is 11.9 Å². The highest BCUT2D eigenvalue weighted by molar-refractivity contribution is 6.30. The summed E-state index contributed by atoms with van der Waals surface area (Å²) in [6.45, 7) is 3.24. The lowest BCUT2D eigenvalue weighted by Crippen LogP contribution is -2.43. The number of carbonyl (C=O) groups is 1. The van der Waals surface area contributed by atoms with Crippen molar-refractivity contribution in [3.63, 3.8) is 0 Å². The first-order chi connectivity index (χ1) is 9.08. The number of likely N-dealkylation sites (tertiary alicyclic amines) is 1. The van der Waals surface area contributed by atoms with Crippen LogP contribution in [0.1, 0.15) is 26.2 Å². The first kappa shape index (κ1) is 14.1. The van der Waals surface area contributed by atoms with Gasteiger partial charge in [-0.15, -0.1) is 0 Å². The summed E-state index contributed by atoms with van der Waals surface area (Å²) in [6, 6.07) is 4.18. The molecule has 0 N–H and O–H groups in total. The molecular formula is C14H17ClFNO2. The molecule has 1 aromatic carbocycles. The maximum Gasteiger partial charge on any atom is 0.263 e. The van der Waals surface area contributed by atoms with Crippen molar-refractivity contribution in [3.8, 4) is 5.75 Å². The Kier molecular flexibility index (Phi) is 4.64. The predicted molar refractivity (Wildman–Crippen MR) is 71.9 cm³/mol. The molecular weight excluding hydrogens is 269 g/mol. The third-order valence-corrected chi connectivity index (χ3v) is 3.53. The number of hydrogen-bond acceptors (Lipinski definition) is 2. The van der Waals surface area contributed by atoms with Gasteiger partial charge in [-0.1, -0.05) is 11.6 Å². The van der Waals surface area contributed by atoms with Gasteiger partial charge in [-0.3, -0.25) is 4.79 Å². The second-order valence-electron chi connectivity index (χ2n) is 4.72. The lowest BCUT2D eigenvalue weighted by Gasteiger charge is -2.29. The van der Waals surface area contributed by atoms with Gasteiger partial charge in [0, 0.05) is 19.2 Å². The number of nitrogens with zero attached hydrogens (tertiary/aromatic N) is 1. The highest BCUT2D eigenvalue weighted by Crippen LogP contribution is 2.22. The van der Waals surface area contributed by atoms with Crippen LogP contribution >= 0.6 is 11.6 Å². The number of benzene rings is 1. The van der Waals surface area contributed by atoms with Gasteiger partial charge in [-0.25, -0.2) is 4.39 Å². The van der Waals surface area contributed by atoms with Crippen molar-refractivity contribution in [2.75, 3.05) is 13.1 Å². The second-order valence-corrected chi connectivity index (χ2v) is 5.13. The number of halogens is 2. The number of piperidine rings is 1. The molecule has 1 aliphatic rings. The minimum Gasteiger partial charge on any atom is -0.481 e. The van der Waals surface area contributed by atoms with Crippen molar-refractivity contribution in [2.24, 2.45) is 0 Å². The molecule has 3 nitrogen and oxygen atoms in total. The van der Waals surface area contributed by atoms with Crippen LogP contribution in [0.4, 0.5) is 4.39 Å². The zero-order chi connectivity index (χ0) is 13.8. The Morgan fingerprint density at radius 2 is 2.05 bits per heavy atom. The number of ether oxygens (including phenoxy) is 1. The van der Waals surface area contributed by atoms with Gasteiger partial charge in [0.25, 0.3) is 5.91 Å². The maximum atomic E-state index is 13.3. The molecule has 1 aliphatic heterocycles. The zero-order valence-electron chi connectivity index (χ0n) is 10.9. The van der Waals surface area contributed by atoms with Crippen LogP contribution < -0.4 is 4.74 Å².